The Labute approximate surface area is 121 Å². The first-order valence-electron chi connectivity index (χ1n) is 7.79. The first kappa shape index (κ1) is 15.0. The number of nitrogens with one attached hydrogen (secondary N) is 2. The number of nitrogens with two attached hydrogens (primary N) is 1. The SMILES string of the molecule is CCc1c(NN)ncnc1NCCC1CCC(C)CC1. The summed E-state index contributed by atoms with van der Waals surface area (Å²) in [6, 6.07) is 0. The van der Waals surface area contributed by atoms with E-state index in [1.54, 1.807) is 6.33 Å². The average Bonchev–Trinajstić information content (AvgIpc) is 2.49. The van der Waals surface area contributed by atoms with Gasteiger partial charge in [0, 0.05) is 12.1 Å². The van der Waals surface area contributed by atoms with E-state index in [1.165, 1.54) is 32.1 Å². The van der Waals surface area contributed by atoms with Crippen LogP contribution in [-0.4, -0.2) is 16.5 Å². The molecule has 5 heteroatoms. The summed E-state index contributed by atoms with van der Waals surface area (Å²) in [5.74, 6) is 8.92. The number of anilines is 2. The lowest BCUT2D eigenvalue weighted by Crippen LogP contribution is -2.17. The van der Waals surface area contributed by atoms with Gasteiger partial charge < -0.3 is 10.7 Å². The molecule has 1 aliphatic rings. The number of hydrazine groups is 1. The van der Waals surface area contributed by atoms with Crippen molar-refractivity contribution in [1.82, 2.24) is 9.97 Å². The van der Waals surface area contributed by atoms with Crippen molar-refractivity contribution < 1.29 is 0 Å². The maximum absolute atomic E-state index is 5.49. The Balaban J connectivity index is 1.85. The monoisotopic (exact) mass is 277 g/mol. The molecule has 1 aromatic heterocycles. The van der Waals surface area contributed by atoms with Gasteiger partial charge in [-0.1, -0.05) is 39.5 Å². The van der Waals surface area contributed by atoms with E-state index < -0.39 is 0 Å². The van der Waals surface area contributed by atoms with E-state index in [2.05, 4.69) is 34.6 Å². The van der Waals surface area contributed by atoms with E-state index in [0.717, 1.165) is 42.0 Å². The number of nitrogen functional groups attached to an aromatic ring is 1. The molecular formula is C15H27N5. The van der Waals surface area contributed by atoms with Gasteiger partial charge in [0.15, 0.2) is 0 Å². The van der Waals surface area contributed by atoms with Gasteiger partial charge in [-0.3, -0.25) is 0 Å². The zero-order valence-corrected chi connectivity index (χ0v) is 12.7. The molecule has 0 bridgehead atoms. The highest BCUT2D eigenvalue weighted by Crippen LogP contribution is 2.30. The smallest absolute Gasteiger partial charge is 0.148 e. The van der Waals surface area contributed by atoms with Crippen LogP contribution in [0.5, 0.6) is 0 Å². The molecule has 1 aliphatic carbocycles. The van der Waals surface area contributed by atoms with Gasteiger partial charge in [-0.25, -0.2) is 15.8 Å². The topological polar surface area (TPSA) is 75.9 Å². The van der Waals surface area contributed by atoms with Crippen molar-refractivity contribution in [3.63, 3.8) is 0 Å². The maximum Gasteiger partial charge on any atom is 0.148 e. The van der Waals surface area contributed by atoms with Gasteiger partial charge in [-0.2, -0.15) is 0 Å². The minimum absolute atomic E-state index is 0.719. The van der Waals surface area contributed by atoms with Crippen LogP contribution < -0.4 is 16.6 Å². The zero-order chi connectivity index (χ0) is 14.4. The third kappa shape index (κ3) is 3.82. The third-order valence-electron chi connectivity index (χ3n) is 4.42. The fourth-order valence-electron chi connectivity index (χ4n) is 3.04. The van der Waals surface area contributed by atoms with Crippen LogP contribution in [0, 0.1) is 11.8 Å². The van der Waals surface area contributed by atoms with Gasteiger partial charge in [0.1, 0.15) is 18.0 Å². The Hall–Kier alpha value is -1.36. The molecule has 4 N–H and O–H groups in total. The molecule has 112 valence electrons. The molecule has 0 spiro atoms. The molecule has 1 heterocycles. The highest BCUT2D eigenvalue weighted by Gasteiger charge is 2.18. The molecule has 0 atom stereocenters. The predicted molar refractivity (Wildman–Crippen MR) is 83.4 cm³/mol. The van der Waals surface area contributed by atoms with E-state index in [-0.39, 0.29) is 0 Å². The lowest BCUT2D eigenvalue weighted by atomic mass is 9.81. The Kier molecular flexibility index (Phi) is 5.59. The van der Waals surface area contributed by atoms with Crippen molar-refractivity contribution in [3.8, 4) is 0 Å². The minimum Gasteiger partial charge on any atom is -0.370 e. The summed E-state index contributed by atoms with van der Waals surface area (Å²) >= 11 is 0. The molecule has 1 aromatic rings. The van der Waals surface area contributed by atoms with Crippen LogP contribution in [-0.2, 0) is 6.42 Å². The first-order chi connectivity index (χ1) is 9.74. The molecule has 1 fully saturated rings. The average molecular weight is 277 g/mol. The molecule has 5 nitrogen and oxygen atoms in total. The predicted octanol–water partition coefficient (Wildman–Crippen LogP) is 2.95. The highest BCUT2D eigenvalue weighted by molar-refractivity contribution is 5.56. The van der Waals surface area contributed by atoms with Crippen LogP contribution in [0.15, 0.2) is 6.33 Å². The molecule has 0 unspecified atom stereocenters. The molecule has 0 saturated heterocycles. The summed E-state index contributed by atoms with van der Waals surface area (Å²) in [7, 11) is 0. The van der Waals surface area contributed by atoms with Gasteiger partial charge in [-0.15, -0.1) is 0 Å². The van der Waals surface area contributed by atoms with E-state index in [9.17, 15) is 0 Å². The number of hydrogen-bond donors (Lipinski definition) is 3. The highest BCUT2D eigenvalue weighted by atomic mass is 15.3. The standard InChI is InChI=1S/C15H27N5/c1-3-13-14(18-10-19-15(13)20-16)17-9-8-12-6-4-11(2)5-7-12/h10-12H,3-9,16H2,1-2H3,(H2,17,18,19,20). The Morgan fingerprint density at radius 1 is 1.20 bits per heavy atom. The van der Waals surface area contributed by atoms with Crippen LogP contribution in [0.4, 0.5) is 11.6 Å². The van der Waals surface area contributed by atoms with E-state index >= 15 is 0 Å². The second kappa shape index (κ2) is 7.43. The van der Waals surface area contributed by atoms with Gasteiger partial charge in [0.05, 0.1) is 0 Å². The van der Waals surface area contributed by atoms with Crippen LogP contribution in [0.3, 0.4) is 0 Å². The lowest BCUT2D eigenvalue weighted by Gasteiger charge is -2.26. The Morgan fingerprint density at radius 3 is 2.55 bits per heavy atom. The van der Waals surface area contributed by atoms with Crippen molar-refractivity contribution in [2.75, 3.05) is 17.3 Å². The molecule has 20 heavy (non-hydrogen) atoms. The number of nitrogens with zero attached hydrogens (tertiary/aromatic N) is 2. The van der Waals surface area contributed by atoms with Gasteiger partial charge >= 0.3 is 0 Å². The summed E-state index contributed by atoms with van der Waals surface area (Å²) in [6.45, 7) is 5.44. The summed E-state index contributed by atoms with van der Waals surface area (Å²) in [6.07, 6.45) is 9.18. The van der Waals surface area contributed by atoms with Crippen LogP contribution in [0.2, 0.25) is 0 Å². The summed E-state index contributed by atoms with van der Waals surface area (Å²) in [4.78, 5) is 8.48. The molecule has 2 rings (SSSR count). The fourth-order valence-corrected chi connectivity index (χ4v) is 3.04. The summed E-state index contributed by atoms with van der Waals surface area (Å²) in [5.41, 5.74) is 3.70. The van der Waals surface area contributed by atoms with Gasteiger partial charge in [-0.05, 0) is 24.7 Å². The van der Waals surface area contributed by atoms with Gasteiger partial charge in [0.2, 0.25) is 0 Å². The molecule has 0 radical (unpaired) electrons. The van der Waals surface area contributed by atoms with Crippen molar-refractivity contribution in [3.05, 3.63) is 11.9 Å². The number of aromatic nitrogens is 2. The molecule has 1 saturated carbocycles. The molecular weight excluding hydrogens is 250 g/mol. The second-order valence-corrected chi connectivity index (χ2v) is 5.89. The summed E-state index contributed by atoms with van der Waals surface area (Å²) in [5, 5.41) is 3.45. The van der Waals surface area contributed by atoms with E-state index in [1.807, 2.05) is 0 Å². The number of hydrogen-bond acceptors (Lipinski definition) is 5. The largest absolute Gasteiger partial charge is 0.370 e. The fraction of sp³-hybridized carbons (Fsp3) is 0.733. The van der Waals surface area contributed by atoms with Gasteiger partial charge in [0.25, 0.3) is 0 Å². The first-order valence-corrected chi connectivity index (χ1v) is 7.79. The van der Waals surface area contributed by atoms with Crippen molar-refractivity contribution in [1.29, 1.82) is 0 Å². The van der Waals surface area contributed by atoms with Crippen LogP contribution in [0.1, 0.15) is 51.5 Å². The van der Waals surface area contributed by atoms with E-state index in [0.29, 0.717) is 0 Å². The number of rotatable bonds is 6. The molecule has 0 amide bonds. The zero-order valence-electron chi connectivity index (χ0n) is 12.7. The second-order valence-electron chi connectivity index (χ2n) is 5.89. The molecule has 0 aliphatic heterocycles. The minimum atomic E-state index is 0.719. The lowest BCUT2D eigenvalue weighted by molar-refractivity contribution is 0.282. The van der Waals surface area contributed by atoms with Crippen molar-refractivity contribution >= 4 is 11.6 Å². The van der Waals surface area contributed by atoms with E-state index in [4.69, 9.17) is 5.84 Å². The van der Waals surface area contributed by atoms with Crippen LogP contribution in [0.25, 0.3) is 0 Å². The molecule has 0 aromatic carbocycles. The Bertz CT molecular complexity index is 413. The third-order valence-corrected chi connectivity index (χ3v) is 4.42. The Morgan fingerprint density at radius 2 is 1.90 bits per heavy atom. The van der Waals surface area contributed by atoms with Crippen LogP contribution >= 0.6 is 0 Å². The van der Waals surface area contributed by atoms with Crippen molar-refractivity contribution in [2.45, 2.75) is 52.4 Å². The normalized spacial score (nSPS) is 22.6. The maximum atomic E-state index is 5.49. The van der Waals surface area contributed by atoms with Crippen molar-refractivity contribution in [2.24, 2.45) is 17.7 Å². The summed E-state index contributed by atoms with van der Waals surface area (Å²) < 4.78 is 0. The quantitative estimate of drug-likeness (QED) is 0.550.